The molecule has 5 rings (SSSR count). The zero-order valence-corrected chi connectivity index (χ0v) is 17.4. The van der Waals surface area contributed by atoms with E-state index in [1.54, 1.807) is 7.11 Å². The number of methoxy groups -OCH3 is 1. The Bertz CT molecular complexity index is 1060. The molecule has 1 atom stereocenters. The number of aromatic nitrogens is 2. The highest BCUT2D eigenvalue weighted by molar-refractivity contribution is 5.84. The minimum Gasteiger partial charge on any atom is -0.497 e. The van der Waals surface area contributed by atoms with Crippen molar-refractivity contribution < 1.29 is 4.74 Å². The van der Waals surface area contributed by atoms with E-state index in [4.69, 9.17) is 10.5 Å². The summed E-state index contributed by atoms with van der Waals surface area (Å²) in [7, 11) is 1.69. The standard InChI is InChI=1S/C25H28N4O/c1-17(22-9-12-27-28-22)21-15-19(30-2)7-8-23(21)29-13-10-25(11-14-29)16-18-5-3-4-6-20(18)24(25)26/h3-9,12,15,24H,1,10-11,13-14,16,26H2,2H3,(H,27,28)/t24-/m1/s1. The number of nitrogens with two attached hydrogens (primary N) is 1. The van der Waals surface area contributed by atoms with Gasteiger partial charge in [0, 0.05) is 42.2 Å². The number of fused-ring (bicyclic) bond motifs is 1. The highest BCUT2D eigenvalue weighted by Crippen LogP contribution is 2.51. The normalized spacial score (nSPS) is 19.7. The number of hydrogen-bond donors (Lipinski definition) is 2. The van der Waals surface area contributed by atoms with Gasteiger partial charge in [-0.25, -0.2) is 0 Å². The van der Waals surface area contributed by atoms with Crippen molar-refractivity contribution in [2.75, 3.05) is 25.1 Å². The van der Waals surface area contributed by atoms with Crippen LogP contribution in [0, 0.1) is 5.41 Å². The minimum absolute atomic E-state index is 0.130. The van der Waals surface area contributed by atoms with Gasteiger partial charge in [0.05, 0.1) is 12.8 Å². The van der Waals surface area contributed by atoms with Gasteiger partial charge >= 0.3 is 0 Å². The van der Waals surface area contributed by atoms with Gasteiger partial charge in [0.25, 0.3) is 0 Å². The Morgan fingerprint density at radius 3 is 2.70 bits per heavy atom. The van der Waals surface area contributed by atoms with E-state index in [-0.39, 0.29) is 11.5 Å². The largest absolute Gasteiger partial charge is 0.497 e. The van der Waals surface area contributed by atoms with Crippen LogP contribution in [-0.4, -0.2) is 30.4 Å². The molecule has 1 aromatic heterocycles. The summed E-state index contributed by atoms with van der Waals surface area (Å²) >= 11 is 0. The summed E-state index contributed by atoms with van der Waals surface area (Å²) in [5.41, 5.74) is 13.7. The summed E-state index contributed by atoms with van der Waals surface area (Å²) in [6.07, 6.45) is 5.09. The molecular formula is C25H28N4O. The summed E-state index contributed by atoms with van der Waals surface area (Å²) in [5.74, 6) is 0.826. The number of H-pyrrole nitrogens is 1. The first-order chi connectivity index (χ1) is 14.6. The van der Waals surface area contributed by atoms with Gasteiger partial charge in [-0.15, -0.1) is 0 Å². The number of hydrogen-bond acceptors (Lipinski definition) is 4. The van der Waals surface area contributed by atoms with Crippen molar-refractivity contribution >= 4 is 11.3 Å². The lowest BCUT2D eigenvalue weighted by Crippen LogP contribution is -2.44. The second-order valence-electron chi connectivity index (χ2n) is 8.52. The van der Waals surface area contributed by atoms with E-state index in [2.05, 4.69) is 58.1 Å². The monoisotopic (exact) mass is 400 g/mol. The lowest BCUT2D eigenvalue weighted by molar-refractivity contribution is 0.187. The molecule has 5 nitrogen and oxygen atoms in total. The fourth-order valence-electron chi connectivity index (χ4n) is 5.22. The van der Waals surface area contributed by atoms with E-state index < -0.39 is 0 Å². The van der Waals surface area contributed by atoms with Crippen molar-refractivity contribution in [3.8, 4) is 5.75 Å². The molecule has 1 fully saturated rings. The average Bonchev–Trinajstić information content (AvgIpc) is 3.41. The molecular weight excluding hydrogens is 372 g/mol. The predicted molar refractivity (Wildman–Crippen MR) is 121 cm³/mol. The predicted octanol–water partition coefficient (Wildman–Crippen LogP) is 4.32. The van der Waals surface area contributed by atoms with Gasteiger partial charge in [-0.05, 0) is 60.1 Å². The zero-order valence-electron chi connectivity index (χ0n) is 17.4. The highest BCUT2D eigenvalue weighted by Gasteiger charge is 2.45. The third-order valence-electron chi connectivity index (χ3n) is 7.03. The molecule has 3 aromatic rings. The summed E-state index contributed by atoms with van der Waals surface area (Å²) in [4.78, 5) is 2.47. The number of nitrogens with one attached hydrogen (secondary N) is 1. The first-order valence-corrected chi connectivity index (χ1v) is 10.6. The van der Waals surface area contributed by atoms with Crippen molar-refractivity contribution in [3.05, 3.63) is 83.7 Å². The summed E-state index contributed by atoms with van der Waals surface area (Å²) in [6.45, 7) is 6.29. The molecule has 1 saturated heterocycles. The maximum atomic E-state index is 6.76. The van der Waals surface area contributed by atoms with Crippen LogP contribution in [0.1, 0.15) is 41.3 Å². The van der Waals surface area contributed by atoms with Crippen LogP contribution in [-0.2, 0) is 6.42 Å². The number of aromatic amines is 1. The van der Waals surface area contributed by atoms with Gasteiger partial charge < -0.3 is 15.4 Å². The van der Waals surface area contributed by atoms with Crippen LogP contribution in [0.5, 0.6) is 5.75 Å². The molecule has 2 aromatic carbocycles. The third-order valence-corrected chi connectivity index (χ3v) is 7.03. The fraction of sp³-hybridized carbons (Fsp3) is 0.320. The Kier molecular flexibility index (Phi) is 4.63. The Labute approximate surface area is 177 Å². The van der Waals surface area contributed by atoms with E-state index in [0.717, 1.165) is 54.9 Å². The number of ether oxygens (including phenoxy) is 1. The average molecular weight is 401 g/mol. The van der Waals surface area contributed by atoms with Gasteiger partial charge in [0.15, 0.2) is 0 Å². The van der Waals surface area contributed by atoms with Crippen LogP contribution in [0.4, 0.5) is 5.69 Å². The number of rotatable bonds is 4. The summed E-state index contributed by atoms with van der Waals surface area (Å²) in [6, 6.07) is 17.0. The van der Waals surface area contributed by atoms with Crippen LogP contribution in [0.2, 0.25) is 0 Å². The molecule has 0 unspecified atom stereocenters. The van der Waals surface area contributed by atoms with Crippen LogP contribution in [0.15, 0.2) is 61.3 Å². The van der Waals surface area contributed by atoms with Gasteiger partial charge in [0.1, 0.15) is 5.75 Å². The first kappa shape index (κ1) is 18.9. The van der Waals surface area contributed by atoms with Gasteiger partial charge in [-0.3, -0.25) is 5.10 Å². The van der Waals surface area contributed by atoms with E-state index >= 15 is 0 Å². The molecule has 0 bridgehead atoms. The van der Waals surface area contributed by atoms with Crippen molar-refractivity contribution in [1.29, 1.82) is 0 Å². The van der Waals surface area contributed by atoms with Gasteiger partial charge in [-0.1, -0.05) is 30.8 Å². The number of nitrogens with zero attached hydrogens (tertiary/aromatic N) is 2. The zero-order chi connectivity index (χ0) is 20.7. The molecule has 154 valence electrons. The smallest absolute Gasteiger partial charge is 0.119 e. The summed E-state index contributed by atoms with van der Waals surface area (Å²) in [5, 5.41) is 7.21. The summed E-state index contributed by atoms with van der Waals surface area (Å²) < 4.78 is 5.49. The van der Waals surface area contributed by atoms with Crippen molar-refractivity contribution in [2.45, 2.75) is 25.3 Å². The topological polar surface area (TPSA) is 67.2 Å². The lowest BCUT2D eigenvalue weighted by atomic mass is 9.73. The maximum absolute atomic E-state index is 6.76. The quantitative estimate of drug-likeness (QED) is 0.684. The van der Waals surface area contributed by atoms with E-state index in [0.29, 0.717) is 0 Å². The van der Waals surface area contributed by atoms with Crippen molar-refractivity contribution in [3.63, 3.8) is 0 Å². The molecule has 2 heterocycles. The Morgan fingerprint density at radius 2 is 2.00 bits per heavy atom. The number of piperidine rings is 1. The molecule has 30 heavy (non-hydrogen) atoms. The molecule has 0 amide bonds. The molecule has 1 aliphatic heterocycles. The first-order valence-electron chi connectivity index (χ1n) is 10.6. The minimum atomic E-state index is 0.130. The number of anilines is 1. The van der Waals surface area contributed by atoms with Crippen LogP contribution >= 0.6 is 0 Å². The molecule has 1 aliphatic carbocycles. The Balaban J connectivity index is 1.41. The number of benzene rings is 2. The SMILES string of the molecule is C=C(c1cc[nH]n1)c1cc(OC)ccc1N1CCC2(CC1)Cc1ccccc1[C@H]2N. The molecule has 1 spiro atoms. The van der Waals surface area contributed by atoms with E-state index in [1.807, 2.05) is 18.3 Å². The maximum Gasteiger partial charge on any atom is 0.119 e. The van der Waals surface area contributed by atoms with Crippen LogP contribution in [0.3, 0.4) is 0 Å². The molecule has 2 aliphatic rings. The van der Waals surface area contributed by atoms with Crippen molar-refractivity contribution in [2.24, 2.45) is 11.1 Å². The molecule has 0 saturated carbocycles. The van der Waals surface area contributed by atoms with Crippen LogP contribution < -0.4 is 15.4 Å². The second kappa shape index (κ2) is 7.33. The van der Waals surface area contributed by atoms with E-state index in [1.165, 1.54) is 16.8 Å². The lowest BCUT2D eigenvalue weighted by Gasteiger charge is -2.43. The Morgan fingerprint density at radius 1 is 1.20 bits per heavy atom. The van der Waals surface area contributed by atoms with Crippen molar-refractivity contribution in [1.82, 2.24) is 10.2 Å². The third kappa shape index (κ3) is 3.01. The van der Waals surface area contributed by atoms with E-state index in [9.17, 15) is 0 Å². The van der Waals surface area contributed by atoms with Gasteiger partial charge in [0.2, 0.25) is 0 Å². The van der Waals surface area contributed by atoms with Gasteiger partial charge in [-0.2, -0.15) is 5.10 Å². The fourth-order valence-corrected chi connectivity index (χ4v) is 5.22. The molecule has 3 N–H and O–H groups in total. The van der Waals surface area contributed by atoms with Crippen LogP contribution in [0.25, 0.3) is 5.57 Å². The Hall–Kier alpha value is -3.05. The highest BCUT2D eigenvalue weighted by atomic mass is 16.5. The second-order valence-corrected chi connectivity index (χ2v) is 8.52. The molecule has 0 radical (unpaired) electrons. The molecule has 5 heteroatoms.